The maximum atomic E-state index is 11.5. The van der Waals surface area contributed by atoms with Crippen molar-refractivity contribution in [2.24, 2.45) is 0 Å². The molecule has 8 nitrogen and oxygen atoms in total. The molecule has 0 atom stereocenters. The summed E-state index contributed by atoms with van der Waals surface area (Å²) < 4.78 is 4.87. The Morgan fingerprint density at radius 3 is 3.06 bits per heavy atom. The Morgan fingerprint density at radius 2 is 2.35 bits per heavy atom. The van der Waals surface area contributed by atoms with Gasteiger partial charge in [-0.15, -0.1) is 0 Å². The van der Waals surface area contributed by atoms with Crippen LogP contribution in [-0.2, 0) is 0 Å². The Kier molecular flexibility index (Phi) is 2.77. The number of H-pyrrole nitrogens is 1. The summed E-state index contributed by atoms with van der Waals surface area (Å²) in [6, 6.07) is 3.07. The molecule has 0 bridgehead atoms. The summed E-state index contributed by atoms with van der Waals surface area (Å²) in [5, 5.41) is 0. The van der Waals surface area contributed by atoms with E-state index in [1.807, 2.05) is 0 Å². The van der Waals surface area contributed by atoms with Crippen LogP contribution in [0.5, 0.6) is 0 Å². The maximum absolute atomic E-state index is 11.5. The zero-order valence-electron chi connectivity index (χ0n) is 8.56. The monoisotopic (exact) mass is 235 g/mol. The molecule has 2 aromatic rings. The van der Waals surface area contributed by atoms with Crippen LogP contribution in [0.1, 0.15) is 10.6 Å². The van der Waals surface area contributed by atoms with Crippen molar-refractivity contribution in [1.82, 2.24) is 15.4 Å². The lowest BCUT2D eigenvalue weighted by Gasteiger charge is -2.07. The van der Waals surface area contributed by atoms with Crippen LogP contribution in [0.3, 0.4) is 0 Å². The van der Waals surface area contributed by atoms with Gasteiger partial charge in [0.1, 0.15) is 5.69 Å². The molecule has 5 N–H and O–H groups in total. The van der Waals surface area contributed by atoms with Crippen LogP contribution in [0.2, 0.25) is 0 Å². The lowest BCUT2D eigenvalue weighted by Crippen LogP contribution is -2.31. The number of amides is 1. The van der Waals surface area contributed by atoms with Crippen molar-refractivity contribution < 1.29 is 9.21 Å². The highest BCUT2D eigenvalue weighted by Gasteiger charge is 2.09. The zero-order valence-corrected chi connectivity index (χ0v) is 8.56. The van der Waals surface area contributed by atoms with Gasteiger partial charge in [0, 0.05) is 0 Å². The Balaban J connectivity index is 2.06. The third-order valence-electron chi connectivity index (χ3n) is 1.93. The number of hydrogen-bond donors (Lipinski definition) is 4. The van der Waals surface area contributed by atoms with Crippen molar-refractivity contribution in [3.63, 3.8) is 0 Å². The molecule has 0 saturated heterocycles. The van der Waals surface area contributed by atoms with E-state index in [2.05, 4.69) is 20.8 Å². The van der Waals surface area contributed by atoms with Gasteiger partial charge in [0.2, 0.25) is 0 Å². The van der Waals surface area contributed by atoms with E-state index < -0.39 is 11.5 Å². The van der Waals surface area contributed by atoms with Crippen molar-refractivity contribution in [1.29, 1.82) is 0 Å². The van der Waals surface area contributed by atoms with Gasteiger partial charge in [0.25, 0.3) is 5.56 Å². The first-order valence-electron chi connectivity index (χ1n) is 4.61. The Hall–Kier alpha value is -2.77. The fourth-order valence-electron chi connectivity index (χ4n) is 1.10. The lowest BCUT2D eigenvalue weighted by atomic mass is 10.4. The number of carbonyl (C=O) groups excluding carboxylic acids is 1. The Labute approximate surface area is 94.8 Å². The normalized spacial score (nSPS) is 9.88. The Bertz CT molecular complexity index is 575. The van der Waals surface area contributed by atoms with Gasteiger partial charge < -0.3 is 15.1 Å². The summed E-state index contributed by atoms with van der Waals surface area (Å²) >= 11 is 0. The standard InChI is InChI=1S/C9H9N5O3/c10-6-7(11-4-12-9(6)16)13-14-8(15)5-2-1-3-17-5/h1-4H,10H2,(H,14,15)(H2,11,12,13,16). The number of carbonyl (C=O) groups is 1. The largest absolute Gasteiger partial charge is 0.459 e. The molecule has 2 heterocycles. The van der Waals surface area contributed by atoms with Crippen molar-refractivity contribution >= 4 is 17.4 Å². The first-order chi connectivity index (χ1) is 8.18. The summed E-state index contributed by atoms with van der Waals surface area (Å²) in [7, 11) is 0. The number of anilines is 2. The van der Waals surface area contributed by atoms with E-state index in [1.165, 1.54) is 18.7 Å². The molecule has 2 aromatic heterocycles. The van der Waals surface area contributed by atoms with Gasteiger partial charge in [-0.3, -0.25) is 20.4 Å². The molecule has 0 aliphatic heterocycles. The van der Waals surface area contributed by atoms with Gasteiger partial charge in [0.05, 0.1) is 12.6 Å². The summed E-state index contributed by atoms with van der Waals surface area (Å²) in [6.07, 6.45) is 2.54. The molecule has 0 radical (unpaired) electrons. The van der Waals surface area contributed by atoms with E-state index in [1.54, 1.807) is 6.07 Å². The fraction of sp³-hybridized carbons (Fsp3) is 0. The van der Waals surface area contributed by atoms with Gasteiger partial charge in [-0.2, -0.15) is 0 Å². The van der Waals surface area contributed by atoms with Crippen molar-refractivity contribution in [3.05, 3.63) is 40.8 Å². The summed E-state index contributed by atoms with van der Waals surface area (Å²) in [4.78, 5) is 28.6. The number of nitrogens with one attached hydrogen (secondary N) is 3. The second-order valence-corrected chi connectivity index (χ2v) is 3.05. The van der Waals surface area contributed by atoms with E-state index in [-0.39, 0.29) is 17.3 Å². The number of aromatic amines is 1. The first-order valence-corrected chi connectivity index (χ1v) is 4.61. The summed E-state index contributed by atoms with van der Waals surface area (Å²) in [5.41, 5.74) is 9.55. The predicted molar refractivity (Wildman–Crippen MR) is 59.1 cm³/mol. The molecule has 2 rings (SSSR count). The highest BCUT2D eigenvalue weighted by atomic mass is 16.3. The third kappa shape index (κ3) is 2.25. The summed E-state index contributed by atoms with van der Waals surface area (Å²) in [5.74, 6) is -0.314. The van der Waals surface area contributed by atoms with Gasteiger partial charge >= 0.3 is 5.91 Å². The average molecular weight is 235 g/mol. The minimum absolute atomic E-state index is 0.0636. The third-order valence-corrected chi connectivity index (χ3v) is 1.93. The van der Waals surface area contributed by atoms with Crippen LogP contribution >= 0.6 is 0 Å². The number of furan rings is 1. The molecule has 17 heavy (non-hydrogen) atoms. The highest BCUT2D eigenvalue weighted by Crippen LogP contribution is 2.05. The number of hydrogen-bond acceptors (Lipinski definition) is 6. The number of hydrazine groups is 1. The second-order valence-electron chi connectivity index (χ2n) is 3.05. The SMILES string of the molecule is Nc1c(NNC(=O)c2ccco2)nc[nH]c1=O. The molecule has 0 aromatic carbocycles. The smallest absolute Gasteiger partial charge is 0.305 e. The van der Waals surface area contributed by atoms with Crippen LogP contribution in [0.25, 0.3) is 0 Å². The van der Waals surface area contributed by atoms with Crippen LogP contribution in [0, 0.1) is 0 Å². The molecule has 0 aliphatic carbocycles. The summed E-state index contributed by atoms with van der Waals surface area (Å²) in [6.45, 7) is 0. The predicted octanol–water partition coefficient (Wildman–Crippen LogP) is -0.298. The topological polar surface area (TPSA) is 126 Å². The van der Waals surface area contributed by atoms with E-state index in [9.17, 15) is 9.59 Å². The number of rotatable bonds is 3. The minimum atomic E-state index is -0.503. The molecular formula is C9H9N5O3. The highest BCUT2D eigenvalue weighted by molar-refractivity contribution is 5.92. The van der Waals surface area contributed by atoms with Crippen LogP contribution in [-0.4, -0.2) is 15.9 Å². The van der Waals surface area contributed by atoms with E-state index in [0.717, 1.165) is 0 Å². The van der Waals surface area contributed by atoms with Crippen LogP contribution in [0.4, 0.5) is 11.5 Å². The van der Waals surface area contributed by atoms with Gasteiger partial charge in [-0.1, -0.05) is 0 Å². The molecule has 1 amide bonds. The molecule has 0 unspecified atom stereocenters. The van der Waals surface area contributed by atoms with Gasteiger partial charge in [0.15, 0.2) is 11.6 Å². The number of nitrogens with two attached hydrogens (primary N) is 1. The molecule has 0 spiro atoms. The number of aromatic nitrogens is 2. The molecular weight excluding hydrogens is 226 g/mol. The Morgan fingerprint density at radius 1 is 1.53 bits per heavy atom. The van der Waals surface area contributed by atoms with Gasteiger partial charge in [-0.25, -0.2) is 4.98 Å². The molecule has 0 fully saturated rings. The average Bonchev–Trinajstić information content (AvgIpc) is 2.84. The van der Waals surface area contributed by atoms with E-state index in [4.69, 9.17) is 10.2 Å². The first kappa shape index (κ1) is 10.7. The van der Waals surface area contributed by atoms with E-state index >= 15 is 0 Å². The van der Waals surface area contributed by atoms with Crippen molar-refractivity contribution in [2.45, 2.75) is 0 Å². The maximum Gasteiger partial charge on any atom is 0.305 e. The lowest BCUT2D eigenvalue weighted by molar-refractivity contribution is 0.0935. The number of nitrogen functional groups attached to an aromatic ring is 1. The van der Waals surface area contributed by atoms with Crippen LogP contribution < -0.4 is 22.1 Å². The zero-order chi connectivity index (χ0) is 12.3. The number of nitrogens with zero attached hydrogens (tertiary/aromatic N) is 1. The van der Waals surface area contributed by atoms with Crippen LogP contribution in [0.15, 0.2) is 33.9 Å². The molecule has 0 saturated carbocycles. The molecule has 0 aliphatic rings. The minimum Gasteiger partial charge on any atom is -0.459 e. The van der Waals surface area contributed by atoms with Gasteiger partial charge in [-0.05, 0) is 12.1 Å². The second kappa shape index (κ2) is 4.39. The quantitative estimate of drug-likeness (QED) is 0.541. The van der Waals surface area contributed by atoms with Crippen molar-refractivity contribution in [2.75, 3.05) is 11.2 Å². The molecule has 8 heteroatoms. The van der Waals surface area contributed by atoms with Crippen molar-refractivity contribution in [3.8, 4) is 0 Å². The fourth-order valence-corrected chi connectivity index (χ4v) is 1.10. The van der Waals surface area contributed by atoms with E-state index in [0.29, 0.717) is 0 Å². The molecule has 88 valence electrons.